The minimum absolute atomic E-state index is 0.196. The summed E-state index contributed by atoms with van der Waals surface area (Å²) in [5.41, 5.74) is 0.910. The van der Waals surface area contributed by atoms with Gasteiger partial charge in [-0.3, -0.25) is 4.79 Å². The number of carbonyl (C=O) groups excluding carboxylic acids is 1. The maximum absolute atomic E-state index is 12.4. The summed E-state index contributed by atoms with van der Waals surface area (Å²) in [7, 11) is 0. The van der Waals surface area contributed by atoms with Crippen LogP contribution >= 0.6 is 15.9 Å². The van der Waals surface area contributed by atoms with E-state index in [0.717, 1.165) is 10.2 Å². The number of hydrogen-bond donors (Lipinski definition) is 1. The summed E-state index contributed by atoms with van der Waals surface area (Å²) in [6, 6.07) is 22.2. The first-order valence-electron chi connectivity index (χ1n) is 8.57. The number of carbonyl (C=O) groups is 1. The lowest BCUT2D eigenvalue weighted by Crippen LogP contribution is -2.11. The van der Waals surface area contributed by atoms with Crippen molar-refractivity contribution in [2.24, 2.45) is 0 Å². The van der Waals surface area contributed by atoms with E-state index in [1.807, 2.05) is 54.6 Å². The molecule has 2 heterocycles. The fraction of sp³-hybridized carbons (Fsp3) is 0.0476. The fourth-order valence-electron chi connectivity index (χ4n) is 2.58. The van der Waals surface area contributed by atoms with E-state index in [4.69, 9.17) is 9.15 Å². The summed E-state index contributed by atoms with van der Waals surface area (Å²) < 4.78 is 13.9. The number of rotatable bonds is 6. The Morgan fingerprint density at radius 1 is 1.07 bits per heavy atom. The largest absolute Gasteiger partial charge is 0.486 e. The molecule has 2 aromatic heterocycles. The van der Waals surface area contributed by atoms with Crippen molar-refractivity contribution in [1.29, 1.82) is 0 Å². The van der Waals surface area contributed by atoms with Crippen molar-refractivity contribution in [2.45, 2.75) is 6.61 Å². The molecular weight excluding hydrogens is 422 g/mol. The van der Waals surface area contributed by atoms with Crippen molar-refractivity contribution in [2.75, 3.05) is 5.32 Å². The maximum atomic E-state index is 12.4. The van der Waals surface area contributed by atoms with E-state index in [1.54, 1.807) is 29.1 Å². The molecule has 0 saturated carbocycles. The summed E-state index contributed by atoms with van der Waals surface area (Å²) in [5, 5.41) is 7.08. The first kappa shape index (κ1) is 18.1. The minimum Gasteiger partial charge on any atom is -0.486 e. The number of para-hydroxylation sites is 1. The number of ether oxygens (including phenoxy) is 1. The molecule has 0 spiro atoms. The molecule has 4 rings (SSSR count). The predicted molar refractivity (Wildman–Crippen MR) is 109 cm³/mol. The Hall–Kier alpha value is -3.32. The van der Waals surface area contributed by atoms with Gasteiger partial charge in [0.05, 0.1) is 5.69 Å². The highest BCUT2D eigenvalue weighted by Gasteiger charge is 2.13. The first-order valence-corrected chi connectivity index (χ1v) is 9.36. The van der Waals surface area contributed by atoms with Crippen LogP contribution in [-0.2, 0) is 6.61 Å². The van der Waals surface area contributed by atoms with Crippen LogP contribution in [0.25, 0.3) is 5.69 Å². The summed E-state index contributed by atoms with van der Waals surface area (Å²) >= 11 is 3.40. The van der Waals surface area contributed by atoms with E-state index >= 15 is 0 Å². The first-order chi connectivity index (χ1) is 13.7. The number of furan rings is 1. The second-order valence-corrected chi connectivity index (χ2v) is 6.86. The van der Waals surface area contributed by atoms with Gasteiger partial charge >= 0.3 is 0 Å². The number of hydrogen-bond acceptors (Lipinski definition) is 4. The molecule has 0 atom stereocenters. The van der Waals surface area contributed by atoms with Crippen LogP contribution in [0.5, 0.6) is 5.75 Å². The Labute approximate surface area is 169 Å². The quantitative estimate of drug-likeness (QED) is 0.457. The summed E-state index contributed by atoms with van der Waals surface area (Å²) in [6.07, 6.45) is 1.78. The van der Waals surface area contributed by atoms with Gasteiger partial charge in [0.25, 0.3) is 5.91 Å². The van der Waals surface area contributed by atoms with Crippen molar-refractivity contribution in [3.63, 3.8) is 0 Å². The molecule has 28 heavy (non-hydrogen) atoms. The maximum Gasteiger partial charge on any atom is 0.292 e. The van der Waals surface area contributed by atoms with Crippen LogP contribution in [0.1, 0.15) is 16.3 Å². The van der Waals surface area contributed by atoms with E-state index in [0.29, 0.717) is 17.3 Å². The van der Waals surface area contributed by atoms with Crippen LogP contribution in [0.2, 0.25) is 0 Å². The van der Waals surface area contributed by atoms with E-state index in [-0.39, 0.29) is 18.3 Å². The Morgan fingerprint density at radius 2 is 1.93 bits per heavy atom. The Bertz CT molecular complexity index is 1090. The Balaban J connectivity index is 1.37. The van der Waals surface area contributed by atoms with Crippen molar-refractivity contribution in [1.82, 2.24) is 9.78 Å². The molecule has 0 aliphatic heterocycles. The average Bonchev–Trinajstić information content (AvgIpc) is 3.37. The zero-order valence-corrected chi connectivity index (χ0v) is 16.3. The highest BCUT2D eigenvalue weighted by Crippen LogP contribution is 2.20. The molecule has 0 fully saturated rings. The van der Waals surface area contributed by atoms with E-state index in [9.17, 15) is 4.79 Å². The van der Waals surface area contributed by atoms with Gasteiger partial charge in [-0.25, -0.2) is 4.68 Å². The van der Waals surface area contributed by atoms with Gasteiger partial charge in [0, 0.05) is 16.7 Å². The lowest BCUT2D eigenvalue weighted by Gasteiger charge is -2.04. The number of nitrogens with one attached hydrogen (secondary N) is 1. The van der Waals surface area contributed by atoms with Crippen LogP contribution in [-0.4, -0.2) is 15.7 Å². The monoisotopic (exact) mass is 437 g/mol. The third-order valence-electron chi connectivity index (χ3n) is 3.91. The molecule has 0 aliphatic rings. The zero-order chi connectivity index (χ0) is 19.3. The molecule has 0 unspecified atom stereocenters. The molecule has 7 heteroatoms. The van der Waals surface area contributed by atoms with Crippen molar-refractivity contribution < 1.29 is 13.9 Å². The van der Waals surface area contributed by atoms with Gasteiger partial charge in [0.15, 0.2) is 11.6 Å². The lowest BCUT2D eigenvalue weighted by molar-refractivity contribution is 0.0992. The molecule has 2 aromatic carbocycles. The third kappa shape index (κ3) is 4.32. The third-order valence-corrected chi connectivity index (χ3v) is 4.41. The molecule has 1 N–H and O–H groups in total. The van der Waals surface area contributed by atoms with Gasteiger partial charge in [0.2, 0.25) is 0 Å². The fourth-order valence-corrected chi connectivity index (χ4v) is 2.96. The van der Waals surface area contributed by atoms with E-state index in [1.165, 1.54) is 0 Å². The highest BCUT2D eigenvalue weighted by atomic mass is 79.9. The molecule has 0 saturated heterocycles. The number of anilines is 1. The minimum atomic E-state index is -0.369. The molecule has 4 aromatic rings. The molecule has 0 bridgehead atoms. The summed E-state index contributed by atoms with van der Waals surface area (Å²) in [4.78, 5) is 12.4. The molecule has 140 valence electrons. The van der Waals surface area contributed by atoms with Crippen LogP contribution in [0, 0.1) is 0 Å². The van der Waals surface area contributed by atoms with E-state index < -0.39 is 0 Å². The molecule has 1 amide bonds. The zero-order valence-electron chi connectivity index (χ0n) is 14.7. The van der Waals surface area contributed by atoms with Crippen LogP contribution in [0.15, 0.2) is 87.9 Å². The van der Waals surface area contributed by atoms with Gasteiger partial charge in [-0.2, -0.15) is 5.10 Å². The molecule has 0 aliphatic carbocycles. The van der Waals surface area contributed by atoms with Gasteiger partial charge in [-0.1, -0.05) is 40.2 Å². The van der Waals surface area contributed by atoms with Gasteiger partial charge in [0.1, 0.15) is 18.1 Å². The van der Waals surface area contributed by atoms with Gasteiger partial charge in [-0.05, 0) is 42.5 Å². The number of benzene rings is 2. The highest BCUT2D eigenvalue weighted by molar-refractivity contribution is 9.10. The van der Waals surface area contributed by atoms with Crippen molar-refractivity contribution in [3.05, 3.63) is 95.0 Å². The standard InChI is InChI=1S/C21H16BrN3O3/c22-15-5-4-8-17(13-15)27-14-18-9-10-19(28-18)21(26)23-20-11-12-25(24-20)16-6-2-1-3-7-16/h1-13H,14H2,(H,23,24,26). The number of aromatic nitrogens is 2. The average molecular weight is 438 g/mol. The Kier molecular flexibility index (Phi) is 5.25. The Morgan fingerprint density at radius 3 is 2.75 bits per heavy atom. The van der Waals surface area contributed by atoms with Crippen LogP contribution in [0.3, 0.4) is 0 Å². The van der Waals surface area contributed by atoms with Crippen molar-refractivity contribution in [3.8, 4) is 11.4 Å². The SMILES string of the molecule is O=C(Nc1ccn(-c2ccccc2)n1)c1ccc(COc2cccc(Br)c2)o1. The predicted octanol–water partition coefficient (Wildman–Crippen LogP) is 5.06. The molecule has 6 nitrogen and oxygen atoms in total. The van der Waals surface area contributed by atoms with E-state index in [2.05, 4.69) is 26.3 Å². The molecular formula is C21H16BrN3O3. The van der Waals surface area contributed by atoms with Crippen molar-refractivity contribution >= 4 is 27.7 Å². The van der Waals surface area contributed by atoms with Gasteiger partial charge in [-0.15, -0.1) is 0 Å². The normalized spacial score (nSPS) is 10.6. The summed E-state index contributed by atoms with van der Waals surface area (Å²) in [5.74, 6) is 1.54. The van der Waals surface area contributed by atoms with Gasteiger partial charge < -0.3 is 14.5 Å². The molecule has 0 radical (unpaired) electrons. The van der Waals surface area contributed by atoms with Crippen LogP contribution in [0.4, 0.5) is 5.82 Å². The van der Waals surface area contributed by atoms with Crippen LogP contribution < -0.4 is 10.1 Å². The lowest BCUT2D eigenvalue weighted by atomic mass is 10.3. The number of amides is 1. The second kappa shape index (κ2) is 8.14. The topological polar surface area (TPSA) is 69.3 Å². The number of halogens is 1. The second-order valence-electron chi connectivity index (χ2n) is 5.95. The summed E-state index contributed by atoms with van der Waals surface area (Å²) in [6.45, 7) is 0.229. The smallest absolute Gasteiger partial charge is 0.292 e. The number of nitrogens with zero attached hydrogens (tertiary/aromatic N) is 2.